The van der Waals surface area contributed by atoms with Gasteiger partial charge in [0.15, 0.2) is 0 Å². The Labute approximate surface area is 165 Å². The first kappa shape index (κ1) is 19.8. The number of rotatable bonds is 8. The fourth-order valence-electron chi connectivity index (χ4n) is 3.32. The second-order valence-corrected chi connectivity index (χ2v) is 6.91. The third kappa shape index (κ3) is 5.52. The van der Waals surface area contributed by atoms with Crippen molar-refractivity contribution in [1.29, 1.82) is 0 Å². The molecule has 0 spiro atoms. The summed E-state index contributed by atoms with van der Waals surface area (Å²) in [5.41, 5.74) is 1.99. The van der Waals surface area contributed by atoms with Crippen LogP contribution in [0.5, 0.6) is 5.75 Å². The maximum absolute atomic E-state index is 12.5. The number of hydrogen-bond acceptors (Lipinski definition) is 5. The lowest BCUT2D eigenvalue weighted by molar-refractivity contribution is -0.138. The monoisotopic (exact) mass is 382 g/mol. The Morgan fingerprint density at radius 2 is 2.07 bits per heavy atom. The normalized spacial score (nSPS) is 16.7. The highest BCUT2D eigenvalue weighted by molar-refractivity contribution is 5.83. The van der Waals surface area contributed by atoms with E-state index in [9.17, 15) is 9.59 Å². The Morgan fingerprint density at radius 1 is 1.25 bits per heavy atom. The molecule has 1 aromatic carbocycles. The van der Waals surface area contributed by atoms with Gasteiger partial charge in [0, 0.05) is 51.1 Å². The lowest BCUT2D eigenvalue weighted by atomic mass is 9.96. The van der Waals surface area contributed by atoms with E-state index in [1.54, 1.807) is 30.6 Å². The third-order valence-corrected chi connectivity index (χ3v) is 5.00. The van der Waals surface area contributed by atoms with Crippen LogP contribution in [0.25, 0.3) is 0 Å². The molecule has 148 valence electrons. The molecule has 0 saturated carbocycles. The quantitative estimate of drug-likeness (QED) is 0.750. The average Bonchev–Trinajstić information content (AvgIpc) is 2.74. The summed E-state index contributed by atoms with van der Waals surface area (Å²) < 4.78 is 5.17. The van der Waals surface area contributed by atoms with E-state index in [1.165, 1.54) is 0 Å². The SMILES string of the molecule is COc1ccc(CCN2C[C@@H](C(=O)NCCc3cnccn3)CCC2=O)cc1. The highest BCUT2D eigenvalue weighted by atomic mass is 16.5. The summed E-state index contributed by atoms with van der Waals surface area (Å²) in [6, 6.07) is 7.84. The van der Waals surface area contributed by atoms with Crippen LogP contribution >= 0.6 is 0 Å². The Balaban J connectivity index is 1.46. The summed E-state index contributed by atoms with van der Waals surface area (Å²) in [5, 5.41) is 2.96. The number of benzene rings is 1. The number of nitrogens with one attached hydrogen (secondary N) is 1. The van der Waals surface area contributed by atoms with Crippen LogP contribution in [0.3, 0.4) is 0 Å². The fraction of sp³-hybridized carbons (Fsp3) is 0.429. The van der Waals surface area contributed by atoms with Crippen molar-refractivity contribution in [2.24, 2.45) is 5.92 Å². The minimum atomic E-state index is -0.157. The summed E-state index contributed by atoms with van der Waals surface area (Å²) in [6.45, 7) is 1.62. The second kappa shape index (κ2) is 9.82. The number of amides is 2. The highest BCUT2D eigenvalue weighted by Crippen LogP contribution is 2.19. The van der Waals surface area contributed by atoms with Gasteiger partial charge in [0.2, 0.25) is 11.8 Å². The predicted molar refractivity (Wildman–Crippen MR) is 105 cm³/mol. The molecule has 1 aliphatic heterocycles. The summed E-state index contributed by atoms with van der Waals surface area (Å²) in [7, 11) is 1.64. The van der Waals surface area contributed by atoms with Crippen molar-refractivity contribution in [2.45, 2.75) is 25.7 Å². The van der Waals surface area contributed by atoms with E-state index in [1.807, 2.05) is 24.3 Å². The Morgan fingerprint density at radius 3 is 2.79 bits per heavy atom. The van der Waals surface area contributed by atoms with Crippen LogP contribution in [0.4, 0.5) is 0 Å². The molecule has 7 heteroatoms. The smallest absolute Gasteiger partial charge is 0.224 e. The van der Waals surface area contributed by atoms with Crippen molar-refractivity contribution in [3.63, 3.8) is 0 Å². The molecule has 0 bridgehead atoms. The molecule has 0 radical (unpaired) electrons. The number of piperidine rings is 1. The minimum absolute atomic E-state index is 0.00541. The van der Waals surface area contributed by atoms with Crippen molar-refractivity contribution in [3.8, 4) is 5.75 Å². The molecule has 1 aliphatic rings. The van der Waals surface area contributed by atoms with E-state index in [0.29, 0.717) is 38.9 Å². The number of methoxy groups -OCH3 is 1. The zero-order valence-corrected chi connectivity index (χ0v) is 16.1. The summed E-state index contributed by atoms with van der Waals surface area (Å²) in [5.74, 6) is 0.786. The van der Waals surface area contributed by atoms with Crippen molar-refractivity contribution in [2.75, 3.05) is 26.7 Å². The molecule has 1 N–H and O–H groups in total. The first-order valence-electron chi connectivity index (χ1n) is 9.59. The lowest BCUT2D eigenvalue weighted by Gasteiger charge is -2.32. The summed E-state index contributed by atoms with van der Waals surface area (Å²) in [4.78, 5) is 34.8. The van der Waals surface area contributed by atoms with Crippen LogP contribution in [0.15, 0.2) is 42.9 Å². The van der Waals surface area contributed by atoms with Gasteiger partial charge < -0.3 is 15.0 Å². The Kier molecular flexibility index (Phi) is 6.94. The van der Waals surface area contributed by atoms with Crippen molar-refractivity contribution < 1.29 is 14.3 Å². The molecule has 28 heavy (non-hydrogen) atoms. The second-order valence-electron chi connectivity index (χ2n) is 6.91. The molecule has 2 heterocycles. The molecule has 0 unspecified atom stereocenters. The number of carbonyl (C=O) groups is 2. The van der Waals surface area contributed by atoms with E-state index in [0.717, 1.165) is 23.4 Å². The number of aromatic nitrogens is 2. The molecule has 1 atom stereocenters. The first-order chi connectivity index (χ1) is 13.7. The number of carbonyl (C=O) groups excluding carboxylic acids is 2. The number of ether oxygens (including phenoxy) is 1. The molecule has 2 aromatic rings. The Bertz CT molecular complexity index is 780. The van der Waals surface area contributed by atoms with E-state index in [-0.39, 0.29) is 17.7 Å². The van der Waals surface area contributed by atoms with Gasteiger partial charge in [0.05, 0.1) is 18.7 Å². The van der Waals surface area contributed by atoms with Crippen LogP contribution in [-0.2, 0) is 22.4 Å². The largest absolute Gasteiger partial charge is 0.497 e. The summed E-state index contributed by atoms with van der Waals surface area (Å²) in [6.07, 6.45) is 7.40. The van der Waals surface area contributed by atoms with Crippen LogP contribution in [0.2, 0.25) is 0 Å². The molecule has 7 nitrogen and oxygen atoms in total. The molecule has 0 aliphatic carbocycles. The lowest BCUT2D eigenvalue weighted by Crippen LogP contribution is -2.46. The molecule has 3 rings (SSSR count). The van der Waals surface area contributed by atoms with Crippen molar-refractivity contribution in [1.82, 2.24) is 20.2 Å². The molecular formula is C21H26N4O3. The van der Waals surface area contributed by atoms with Crippen LogP contribution in [-0.4, -0.2) is 53.4 Å². The van der Waals surface area contributed by atoms with Gasteiger partial charge in [-0.3, -0.25) is 19.6 Å². The topological polar surface area (TPSA) is 84.4 Å². The van der Waals surface area contributed by atoms with E-state index >= 15 is 0 Å². The van der Waals surface area contributed by atoms with Gasteiger partial charge in [0.25, 0.3) is 0 Å². The van der Waals surface area contributed by atoms with Crippen molar-refractivity contribution in [3.05, 3.63) is 54.1 Å². The van der Waals surface area contributed by atoms with Gasteiger partial charge in [-0.2, -0.15) is 0 Å². The van der Waals surface area contributed by atoms with Gasteiger partial charge in [-0.25, -0.2) is 0 Å². The maximum atomic E-state index is 12.5. The van der Waals surface area contributed by atoms with Gasteiger partial charge in [0.1, 0.15) is 5.75 Å². The molecule has 2 amide bonds. The summed E-state index contributed by atoms with van der Waals surface area (Å²) >= 11 is 0. The molecule has 1 aromatic heterocycles. The van der Waals surface area contributed by atoms with Crippen LogP contribution < -0.4 is 10.1 Å². The third-order valence-electron chi connectivity index (χ3n) is 5.00. The Hall–Kier alpha value is -2.96. The van der Waals surface area contributed by atoms with Crippen LogP contribution in [0, 0.1) is 5.92 Å². The van der Waals surface area contributed by atoms with Gasteiger partial charge >= 0.3 is 0 Å². The zero-order valence-electron chi connectivity index (χ0n) is 16.1. The molecule has 1 saturated heterocycles. The minimum Gasteiger partial charge on any atom is -0.497 e. The predicted octanol–water partition coefficient (Wildman–Crippen LogP) is 1.63. The number of nitrogens with zero attached hydrogens (tertiary/aromatic N) is 3. The molecule has 1 fully saturated rings. The van der Waals surface area contributed by atoms with E-state index < -0.39 is 0 Å². The number of likely N-dealkylation sites (tertiary alicyclic amines) is 1. The highest BCUT2D eigenvalue weighted by Gasteiger charge is 2.29. The van der Waals surface area contributed by atoms with Gasteiger partial charge in [-0.05, 0) is 30.5 Å². The fourth-order valence-corrected chi connectivity index (χ4v) is 3.32. The average molecular weight is 382 g/mol. The number of hydrogen-bond donors (Lipinski definition) is 1. The standard InChI is InChI=1S/C21H26N4O3/c1-28-19-5-2-16(3-6-19)9-13-25-15-17(4-7-20(25)26)21(27)24-10-8-18-14-22-11-12-23-18/h2-3,5-6,11-12,14,17H,4,7-10,13,15H2,1H3,(H,24,27)/t17-/m0/s1. The van der Waals surface area contributed by atoms with Gasteiger partial charge in [-0.15, -0.1) is 0 Å². The van der Waals surface area contributed by atoms with Crippen molar-refractivity contribution >= 4 is 11.8 Å². The van der Waals surface area contributed by atoms with Crippen LogP contribution in [0.1, 0.15) is 24.1 Å². The van der Waals surface area contributed by atoms with Gasteiger partial charge in [-0.1, -0.05) is 12.1 Å². The molecular weight excluding hydrogens is 356 g/mol. The maximum Gasteiger partial charge on any atom is 0.224 e. The first-order valence-corrected chi connectivity index (χ1v) is 9.59. The van der Waals surface area contributed by atoms with E-state index in [2.05, 4.69) is 15.3 Å². The van der Waals surface area contributed by atoms with E-state index in [4.69, 9.17) is 4.74 Å². The zero-order chi connectivity index (χ0) is 19.8.